The van der Waals surface area contributed by atoms with Crippen LogP contribution in [0.1, 0.15) is 42.4 Å². The highest BCUT2D eigenvalue weighted by atomic mass is 35.5. The Hall–Kier alpha value is -2.08. The van der Waals surface area contributed by atoms with Gasteiger partial charge in [0.15, 0.2) is 0 Å². The SMILES string of the molecule is O=C([O-])COc1ccc(C2CCC(NCC(O)c3cccc(Cl)c3)C2)cc1. The summed E-state index contributed by atoms with van der Waals surface area (Å²) in [5, 5.41) is 24.8. The van der Waals surface area contributed by atoms with Crippen molar-refractivity contribution in [3.8, 4) is 5.75 Å². The minimum Gasteiger partial charge on any atom is -0.546 e. The van der Waals surface area contributed by atoms with Gasteiger partial charge in [0, 0.05) is 17.6 Å². The van der Waals surface area contributed by atoms with E-state index < -0.39 is 18.7 Å². The number of carboxylic acid groups (broad SMARTS) is 1. The van der Waals surface area contributed by atoms with E-state index in [1.807, 2.05) is 24.3 Å². The topological polar surface area (TPSA) is 81.6 Å². The van der Waals surface area contributed by atoms with E-state index >= 15 is 0 Å². The molecule has 2 N–H and O–H groups in total. The molecule has 0 aliphatic heterocycles. The molecule has 0 amide bonds. The number of hydrogen-bond donors (Lipinski definition) is 2. The fourth-order valence-electron chi connectivity index (χ4n) is 3.56. The molecular formula is C21H23ClNO4-. The molecular weight excluding hydrogens is 366 g/mol. The predicted molar refractivity (Wildman–Crippen MR) is 102 cm³/mol. The second kappa shape index (κ2) is 9.22. The molecule has 0 aromatic heterocycles. The summed E-state index contributed by atoms with van der Waals surface area (Å²) < 4.78 is 5.11. The number of nitrogens with one attached hydrogen (secondary N) is 1. The van der Waals surface area contributed by atoms with Gasteiger partial charge in [-0.05, 0) is 60.6 Å². The number of rotatable bonds is 8. The summed E-state index contributed by atoms with van der Waals surface area (Å²) in [4.78, 5) is 10.4. The first-order chi connectivity index (χ1) is 13.0. The molecule has 3 atom stereocenters. The lowest BCUT2D eigenvalue weighted by Crippen LogP contribution is -2.30. The van der Waals surface area contributed by atoms with Crippen molar-refractivity contribution in [2.75, 3.05) is 13.2 Å². The van der Waals surface area contributed by atoms with Crippen molar-refractivity contribution in [1.82, 2.24) is 5.32 Å². The smallest absolute Gasteiger partial charge is 0.128 e. The van der Waals surface area contributed by atoms with Gasteiger partial charge in [-0.2, -0.15) is 0 Å². The van der Waals surface area contributed by atoms with E-state index in [0.717, 1.165) is 24.8 Å². The number of carbonyl (C=O) groups is 1. The second-order valence-electron chi connectivity index (χ2n) is 6.92. The summed E-state index contributed by atoms with van der Waals surface area (Å²) in [6.45, 7) is 0.0530. The highest BCUT2D eigenvalue weighted by Gasteiger charge is 2.26. The van der Waals surface area contributed by atoms with Crippen LogP contribution in [0.4, 0.5) is 0 Å². The molecule has 144 valence electrons. The Kier molecular flexibility index (Phi) is 6.72. The maximum atomic E-state index is 10.4. The Balaban J connectivity index is 1.47. The fraction of sp³-hybridized carbons (Fsp3) is 0.381. The predicted octanol–water partition coefficient (Wildman–Crippen LogP) is 2.43. The second-order valence-corrected chi connectivity index (χ2v) is 7.35. The Morgan fingerprint density at radius 2 is 2.04 bits per heavy atom. The molecule has 5 nitrogen and oxygen atoms in total. The zero-order chi connectivity index (χ0) is 19.2. The van der Waals surface area contributed by atoms with Crippen LogP contribution in [0, 0.1) is 0 Å². The number of aliphatic carboxylic acids is 1. The van der Waals surface area contributed by atoms with Crippen LogP contribution >= 0.6 is 11.6 Å². The summed E-state index contributed by atoms with van der Waals surface area (Å²) in [5.74, 6) is -0.259. The number of hydrogen-bond acceptors (Lipinski definition) is 5. The first-order valence-corrected chi connectivity index (χ1v) is 9.48. The third-order valence-electron chi connectivity index (χ3n) is 4.97. The van der Waals surface area contributed by atoms with Crippen molar-refractivity contribution in [1.29, 1.82) is 0 Å². The van der Waals surface area contributed by atoms with Crippen LogP contribution in [0.15, 0.2) is 48.5 Å². The van der Waals surface area contributed by atoms with Crippen molar-refractivity contribution in [3.05, 3.63) is 64.7 Å². The van der Waals surface area contributed by atoms with Crippen LogP contribution in [0.25, 0.3) is 0 Å². The molecule has 1 fully saturated rings. The Morgan fingerprint density at radius 1 is 1.26 bits per heavy atom. The standard InChI is InChI=1S/C21H24ClNO4/c22-17-3-1-2-16(10-17)20(24)12-23-18-7-4-15(11-18)14-5-8-19(9-6-14)27-13-21(25)26/h1-3,5-6,8-10,15,18,20,23-24H,4,7,11-13H2,(H,25,26)/p-1. The van der Waals surface area contributed by atoms with Crippen molar-refractivity contribution in [2.24, 2.45) is 0 Å². The van der Waals surface area contributed by atoms with Gasteiger partial charge in [-0.25, -0.2) is 0 Å². The lowest BCUT2D eigenvalue weighted by Gasteiger charge is -2.17. The molecule has 6 heteroatoms. The van der Waals surface area contributed by atoms with Gasteiger partial charge in [-0.1, -0.05) is 35.9 Å². The molecule has 1 aliphatic rings. The molecule has 2 aromatic carbocycles. The summed E-state index contributed by atoms with van der Waals surface area (Å²) >= 11 is 5.98. The van der Waals surface area contributed by atoms with Gasteiger partial charge < -0.3 is 25.1 Å². The van der Waals surface area contributed by atoms with E-state index in [1.54, 1.807) is 24.3 Å². The molecule has 27 heavy (non-hydrogen) atoms. The molecule has 0 spiro atoms. The zero-order valence-corrected chi connectivity index (χ0v) is 15.7. The lowest BCUT2D eigenvalue weighted by atomic mass is 9.97. The third kappa shape index (κ3) is 5.70. The van der Waals surface area contributed by atoms with E-state index in [2.05, 4.69) is 5.32 Å². The molecule has 1 saturated carbocycles. The Labute approximate surface area is 163 Å². The number of aliphatic hydroxyl groups excluding tert-OH is 1. The summed E-state index contributed by atoms with van der Waals surface area (Å²) in [7, 11) is 0. The van der Waals surface area contributed by atoms with E-state index in [1.165, 1.54) is 5.56 Å². The van der Waals surface area contributed by atoms with Crippen molar-refractivity contribution >= 4 is 17.6 Å². The molecule has 0 saturated heterocycles. The summed E-state index contributed by atoms with van der Waals surface area (Å²) in [6.07, 6.45) is 2.55. The van der Waals surface area contributed by atoms with Crippen LogP contribution in [0.2, 0.25) is 5.02 Å². The number of ether oxygens (including phenoxy) is 1. The molecule has 3 unspecified atom stereocenters. The third-order valence-corrected chi connectivity index (χ3v) is 5.21. The van der Waals surface area contributed by atoms with Crippen molar-refractivity contribution in [2.45, 2.75) is 37.3 Å². The Bertz CT molecular complexity index is 765. The molecule has 0 radical (unpaired) electrons. The monoisotopic (exact) mass is 388 g/mol. The van der Waals surface area contributed by atoms with E-state index in [4.69, 9.17) is 16.3 Å². The average molecular weight is 389 g/mol. The average Bonchev–Trinajstić information content (AvgIpc) is 3.14. The highest BCUT2D eigenvalue weighted by molar-refractivity contribution is 6.30. The van der Waals surface area contributed by atoms with Crippen LogP contribution in [-0.4, -0.2) is 30.3 Å². The molecule has 0 bridgehead atoms. The quantitative estimate of drug-likeness (QED) is 0.725. The molecule has 1 aliphatic carbocycles. The molecule has 2 aromatic rings. The van der Waals surface area contributed by atoms with Gasteiger partial charge in [0.2, 0.25) is 0 Å². The Morgan fingerprint density at radius 3 is 2.74 bits per heavy atom. The highest BCUT2D eigenvalue weighted by Crippen LogP contribution is 2.35. The van der Waals surface area contributed by atoms with E-state index in [-0.39, 0.29) is 0 Å². The molecule has 3 rings (SSSR count). The van der Waals surface area contributed by atoms with Gasteiger partial charge in [-0.3, -0.25) is 0 Å². The van der Waals surface area contributed by atoms with Gasteiger partial charge >= 0.3 is 0 Å². The van der Waals surface area contributed by atoms with Crippen molar-refractivity contribution in [3.63, 3.8) is 0 Å². The van der Waals surface area contributed by atoms with Gasteiger partial charge in [0.1, 0.15) is 12.4 Å². The molecule has 0 heterocycles. The van der Waals surface area contributed by atoms with Crippen LogP contribution in [-0.2, 0) is 4.79 Å². The van der Waals surface area contributed by atoms with Gasteiger partial charge in [-0.15, -0.1) is 0 Å². The van der Waals surface area contributed by atoms with E-state index in [0.29, 0.717) is 29.3 Å². The van der Waals surface area contributed by atoms with Crippen LogP contribution in [0.5, 0.6) is 5.75 Å². The number of aliphatic hydroxyl groups is 1. The lowest BCUT2D eigenvalue weighted by molar-refractivity contribution is -0.307. The van der Waals surface area contributed by atoms with Gasteiger partial charge in [0.25, 0.3) is 0 Å². The number of halogens is 1. The number of benzene rings is 2. The fourth-order valence-corrected chi connectivity index (χ4v) is 3.76. The van der Waals surface area contributed by atoms with Crippen LogP contribution < -0.4 is 15.2 Å². The van der Waals surface area contributed by atoms with Crippen LogP contribution in [0.3, 0.4) is 0 Å². The summed E-state index contributed by atoms with van der Waals surface area (Å²) in [5.41, 5.74) is 2.03. The maximum Gasteiger partial charge on any atom is 0.128 e. The first-order valence-electron chi connectivity index (χ1n) is 9.11. The van der Waals surface area contributed by atoms with Crippen molar-refractivity contribution < 1.29 is 19.7 Å². The number of carboxylic acids is 1. The maximum absolute atomic E-state index is 10.4. The minimum absolute atomic E-state index is 0.359. The summed E-state index contributed by atoms with van der Waals surface area (Å²) in [6, 6.07) is 15.2. The normalized spacial score (nSPS) is 20.4. The van der Waals surface area contributed by atoms with E-state index in [9.17, 15) is 15.0 Å². The largest absolute Gasteiger partial charge is 0.546 e. The minimum atomic E-state index is -1.23. The van der Waals surface area contributed by atoms with Gasteiger partial charge in [0.05, 0.1) is 12.1 Å². The first kappa shape index (κ1) is 19.7. The number of carbonyl (C=O) groups excluding carboxylic acids is 1. The zero-order valence-electron chi connectivity index (χ0n) is 14.9.